The van der Waals surface area contributed by atoms with Crippen molar-refractivity contribution in [1.82, 2.24) is 9.80 Å². The standard InChI is InChI=1S/C20H26N3/c1-17(19-12-8-5-9-13-19)23(16-18-10-6-4-7-11-18)20-21(2)14-15-22(20)3/h4-13,17H,14-16H2,1-3H3/q+1/t17-/m0/s1. The van der Waals surface area contributed by atoms with E-state index in [1.54, 1.807) is 0 Å². The van der Waals surface area contributed by atoms with Crippen molar-refractivity contribution in [3.63, 3.8) is 0 Å². The van der Waals surface area contributed by atoms with Crippen molar-refractivity contribution in [3.8, 4) is 0 Å². The van der Waals surface area contributed by atoms with Crippen LogP contribution in [0.5, 0.6) is 0 Å². The highest BCUT2D eigenvalue weighted by Gasteiger charge is 2.34. The second-order valence-electron chi connectivity index (χ2n) is 6.34. The lowest BCUT2D eigenvalue weighted by molar-refractivity contribution is -0.492. The molecule has 1 aliphatic rings. The SMILES string of the molecule is C[C@@H](c1ccccc1)N(Cc1ccccc1)C1=[N+](C)CCN1C. The Labute approximate surface area is 139 Å². The van der Waals surface area contributed by atoms with Crippen molar-refractivity contribution in [2.45, 2.75) is 19.5 Å². The lowest BCUT2D eigenvalue weighted by atomic mass is 10.1. The van der Waals surface area contributed by atoms with Crippen molar-refractivity contribution >= 4 is 5.96 Å². The molecule has 1 aliphatic heterocycles. The van der Waals surface area contributed by atoms with E-state index < -0.39 is 0 Å². The fraction of sp³-hybridized carbons (Fsp3) is 0.350. The van der Waals surface area contributed by atoms with Gasteiger partial charge in [0.05, 0.1) is 33.7 Å². The van der Waals surface area contributed by atoms with Gasteiger partial charge in [-0.1, -0.05) is 60.7 Å². The van der Waals surface area contributed by atoms with Crippen LogP contribution in [0.15, 0.2) is 60.7 Å². The van der Waals surface area contributed by atoms with Crippen molar-refractivity contribution in [3.05, 3.63) is 71.8 Å². The molecule has 0 N–H and O–H groups in total. The average Bonchev–Trinajstić information content (AvgIpc) is 2.92. The molecule has 0 unspecified atom stereocenters. The summed E-state index contributed by atoms with van der Waals surface area (Å²) in [6.45, 7) is 5.38. The van der Waals surface area contributed by atoms with E-state index in [0.29, 0.717) is 6.04 Å². The Kier molecular flexibility index (Phi) is 4.65. The molecule has 2 aromatic carbocycles. The third kappa shape index (κ3) is 3.39. The number of nitrogens with zero attached hydrogens (tertiary/aromatic N) is 3. The maximum atomic E-state index is 2.51. The summed E-state index contributed by atoms with van der Waals surface area (Å²) in [5, 5.41) is 0. The summed E-state index contributed by atoms with van der Waals surface area (Å²) in [5.41, 5.74) is 2.70. The van der Waals surface area contributed by atoms with Crippen molar-refractivity contribution in [1.29, 1.82) is 0 Å². The third-order valence-corrected chi connectivity index (χ3v) is 4.66. The summed E-state index contributed by atoms with van der Waals surface area (Å²) in [7, 11) is 4.38. The van der Waals surface area contributed by atoms with E-state index in [9.17, 15) is 0 Å². The summed E-state index contributed by atoms with van der Waals surface area (Å²) in [4.78, 5) is 4.88. The first-order valence-electron chi connectivity index (χ1n) is 8.31. The Balaban J connectivity index is 1.95. The van der Waals surface area contributed by atoms with Crippen LogP contribution in [-0.2, 0) is 6.54 Å². The van der Waals surface area contributed by atoms with Gasteiger partial charge in [0.25, 0.3) is 0 Å². The van der Waals surface area contributed by atoms with Crippen LogP contribution in [-0.4, -0.2) is 47.5 Å². The second kappa shape index (κ2) is 6.86. The van der Waals surface area contributed by atoms with Crippen LogP contribution in [0.4, 0.5) is 0 Å². The first kappa shape index (κ1) is 15.6. The van der Waals surface area contributed by atoms with Gasteiger partial charge >= 0.3 is 5.96 Å². The highest BCUT2D eigenvalue weighted by atomic mass is 15.4. The smallest absolute Gasteiger partial charge is 0.264 e. The fourth-order valence-electron chi connectivity index (χ4n) is 3.30. The maximum Gasteiger partial charge on any atom is 0.351 e. The normalized spacial score (nSPS) is 15.9. The molecule has 1 heterocycles. The zero-order chi connectivity index (χ0) is 16.2. The largest absolute Gasteiger partial charge is 0.351 e. The molecule has 2 aromatic rings. The molecule has 0 bridgehead atoms. The van der Waals surface area contributed by atoms with Gasteiger partial charge in [0.1, 0.15) is 6.04 Å². The van der Waals surface area contributed by atoms with Gasteiger partial charge in [-0.15, -0.1) is 0 Å². The van der Waals surface area contributed by atoms with Crippen LogP contribution < -0.4 is 0 Å². The molecule has 0 spiro atoms. The van der Waals surface area contributed by atoms with Gasteiger partial charge in [-0.05, 0) is 18.1 Å². The number of benzene rings is 2. The zero-order valence-electron chi connectivity index (χ0n) is 14.3. The number of likely N-dealkylation sites (N-methyl/N-ethyl adjacent to an activating group) is 2. The van der Waals surface area contributed by atoms with Crippen LogP contribution >= 0.6 is 0 Å². The molecule has 3 heteroatoms. The van der Waals surface area contributed by atoms with E-state index in [-0.39, 0.29) is 0 Å². The molecule has 0 fully saturated rings. The highest BCUT2D eigenvalue weighted by Crippen LogP contribution is 2.24. The minimum Gasteiger partial charge on any atom is -0.264 e. The van der Waals surface area contributed by atoms with E-state index in [2.05, 4.69) is 96.1 Å². The summed E-state index contributed by atoms with van der Waals surface area (Å²) >= 11 is 0. The molecule has 0 aromatic heterocycles. The molecule has 0 amide bonds. The van der Waals surface area contributed by atoms with Crippen LogP contribution in [0.3, 0.4) is 0 Å². The van der Waals surface area contributed by atoms with E-state index in [1.807, 2.05) is 0 Å². The van der Waals surface area contributed by atoms with Gasteiger partial charge < -0.3 is 0 Å². The zero-order valence-corrected chi connectivity index (χ0v) is 14.3. The number of hydrogen-bond donors (Lipinski definition) is 0. The Hall–Kier alpha value is -2.29. The van der Waals surface area contributed by atoms with E-state index in [0.717, 1.165) is 19.6 Å². The molecule has 0 saturated heterocycles. The van der Waals surface area contributed by atoms with Gasteiger partial charge in [0.2, 0.25) is 0 Å². The summed E-state index contributed by atoms with van der Waals surface area (Å²) < 4.78 is 2.36. The molecular formula is C20H26N3+. The molecule has 1 atom stereocenters. The number of rotatable bonds is 4. The number of guanidine groups is 1. The van der Waals surface area contributed by atoms with Crippen molar-refractivity contribution in [2.75, 3.05) is 27.2 Å². The predicted octanol–water partition coefficient (Wildman–Crippen LogP) is 3.19. The molecule has 3 nitrogen and oxygen atoms in total. The first-order valence-corrected chi connectivity index (χ1v) is 8.31. The molecule has 0 radical (unpaired) electrons. The minimum absolute atomic E-state index is 0.328. The van der Waals surface area contributed by atoms with Crippen LogP contribution in [0.1, 0.15) is 24.1 Å². The fourth-order valence-corrected chi connectivity index (χ4v) is 3.30. The molecule has 120 valence electrons. The lowest BCUT2D eigenvalue weighted by Gasteiger charge is -2.28. The van der Waals surface area contributed by atoms with Crippen molar-refractivity contribution in [2.24, 2.45) is 0 Å². The van der Waals surface area contributed by atoms with Crippen molar-refractivity contribution < 1.29 is 4.58 Å². The third-order valence-electron chi connectivity index (χ3n) is 4.66. The quantitative estimate of drug-likeness (QED) is 0.803. The summed E-state index contributed by atoms with van der Waals surface area (Å²) in [6.07, 6.45) is 0. The minimum atomic E-state index is 0.328. The number of hydrogen-bond acceptors (Lipinski definition) is 2. The Morgan fingerprint density at radius 2 is 1.65 bits per heavy atom. The predicted molar refractivity (Wildman–Crippen MR) is 95.5 cm³/mol. The van der Waals surface area contributed by atoms with Crippen LogP contribution in [0.2, 0.25) is 0 Å². The average molecular weight is 308 g/mol. The first-order chi connectivity index (χ1) is 11.2. The van der Waals surface area contributed by atoms with E-state index in [1.165, 1.54) is 17.1 Å². The Morgan fingerprint density at radius 3 is 2.22 bits per heavy atom. The molecule has 0 saturated carbocycles. The molecule has 23 heavy (non-hydrogen) atoms. The molecule has 3 rings (SSSR count). The van der Waals surface area contributed by atoms with Gasteiger partial charge in [-0.3, -0.25) is 14.4 Å². The highest BCUT2D eigenvalue weighted by molar-refractivity contribution is 5.76. The van der Waals surface area contributed by atoms with Gasteiger partial charge in [0.15, 0.2) is 0 Å². The van der Waals surface area contributed by atoms with Crippen LogP contribution in [0.25, 0.3) is 0 Å². The maximum absolute atomic E-state index is 2.51. The summed E-state index contributed by atoms with van der Waals surface area (Å²) in [5.74, 6) is 1.31. The topological polar surface area (TPSA) is 9.49 Å². The Bertz CT molecular complexity index is 664. The van der Waals surface area contributed by atoms with Gasteiger partial charge in [0, 0.05) is 0 Å². The molecule has 0 aliphatic carbocycles. The second-order valence-corrected chi connectivity index (χ2v) is 6.34. The lowest BCUT2D eigenvalue weighted by Crippen LogP contribution is -2.43. The molecular weight excluding hydrogens is 282 g/mol. The van der Waals surface area contributed by atoms with Crippen LogP contribution in [0, 0.1) is 0 Å². The summed E-state index contributed by atoms with van der Waals surface area (Å²) in [6, 6.07) is 21.8. The van der Waals surface area contributed by atoms with E-state index in [4.69, 9.17) is 0 Å². The van der Waals surface area contributed by atoms with Gasteiger partial charge in [-0.25, -0.2) is 0 Å². The Morgan fingerprint density at radius 1 is 1.04 bits per heavy atom. The van der Waals surface area contributed by atoms with E-state index >= 15 is 0 Å². The monoisotopic (exact) mass is 308 g/mol. The van der Waals surface area contributed by atoms with Gasteiger partial charge in [-0.2, -0.15) is 0 Å².